The predicted molar refractivity (Wildman–Crippen MR) is 112 cm³/mol. The molecule has 1 aliphatic heterocycles. The third-order valence-electron chi connectivity index (χ3n) is 4.96. The summed E-state index contributed by atoms with van der Waals surface area (Å²) < 4.78 is 5.26. The molecule has 0 saturated carbocycles. The first-order valence-corrected chi connectivity index (χ1v) is 9.52. The second-order valence-corrected chi connectivity index (χ2v) is 7.18. The minimum Gasteiger partial charge on any atom is -0.508 e. The number of phenolic OH excluding ortho intramolecular Hbond substituents is 1. The van der Waals surface area contributed by atoms with Gasteiger partial charge in [-0.2, -0.15) is 0 Å². The lowest BCUT2D eigenvalue weighted by molar-refractivity contribution is 0.408. The molecule has 4 rings (SSSR count). The third kappa shape index (κ3) is 3.88. The molecule has 3 aromatic rings. The zero-order valence-corrected chi connectivity index (χ0v) is 16.2. The second kappa shape index (κ2) is 8.05. The van der Waals surface area contributed by atoms with Crippen LogP contribution in [0.2, 0.25) is 5.02 Å². The number of ether oxygens (including phenoxy) is 1. The van der Waals surface area contributed by atoms with Gasteiger partial charge in [0, 0.05) is 28.8 Å². The average Bonchev–Trinajstić information content (AvgIpc) is 2.74. The molecule has 0 radical (unpaired) electrons. The monoisotopic (exact) mass is 392 g/mol. The van der Waals surface area contributed by atoms with E-state index in [4.69, 9.17) is 21.3 Å². The van der Waals surface area contributed by atoms with Crippen LogP contribution in [0.5, 0.6) is 11.5 Å². The Kier molecular flexibility index (Phi) is 5.33. The Balaban J connectivity index is 1.73. The molecule has 0 bridgehead atoms. The van der Waals surface area contributed by atoms with E-state index in [0.29, 0.717) is 11.4 Å². The molecular formula is C23H21ClN2O2. The molecule has 1 heterocycles. The molecule has 2 atom stereocenters. The number of rotatable bonds is 4. The fraction of sp³-hybridized carbons (Fsp3) is 0.174. The molecule has 2 N–H and O–H groups in total. The van der Waals surface area contributed by atoms with Crippen molar-refractivity contribution in [1.29, 1.82) is 0 Å². The highest BCUT2D eigenvalue weighted by Gasteiger charge is 2.27. The number of halogens is 1. The van der Waals surface area contributed by atoms with Crippen LogP contribution in [-0.2, 0) is 0 Å². The van der Waals surface area contributed by atoms with Gasteiger partial charge in [0.25, 0.3) is 0 Å². The van der Waals surface area contributed by atoms with Gasteiger partial charge in [-0.25, -0.2) is 0 Å². The highest BCUT2D eigenvalue weighted by molar-refractivity contribution is 6.30. The van der Waals surface area contributed by atoms with Gasteiger partial charge in [-0.1, -0.05) is 54.1 Å². The topological polar surface area (TPSA) is 53.9 Å². The van der Waals surface area contributed by atoms with Crippen molar-refractivity contribution in [1.82, 2.24) is 5.32 Å². The number of aromatic hydroxyl groups is 1. The van der Waals surface area contributed by atoms with Gasteiger partial charge < -0.3 is 9.84 Å². The fourth-order valence-corrected chi connectivity index (χ4v) is 3.59. The third-order valence-corrected chi connectivity index (χ3v) is 5.21. The molecular weight excluding hydrogens is 372 g/mol. The maximum absolute atomic E-state index is 10.4. The molecule has 28 heavy (non-hydrogen) atoms. The zero-order valence-electron chi connectivity index (χ0n) is 15.5. The summed E-state index contributed by atoms with van der Waals surface area (Å²) in [7, 11) is 1.65. The second-order valence-electron chi connectivity index (χ2n) is 6.74. The van der Waals surface area contributed by atoms with E-state index in [-0.39, 0.29) is 18.0 Å². The minimum atomic E-state index is -0.227. The Morgan fingerprint density at radius 1 is 1.00 bits per heavy atom. The van der Waals surface area contributed by atoms with Gasteiger partial charge in [0.1, 0.15) is 17.7 Å². The molecule has 0 aromatic heterocycles. The molecule has 0 spiro atoms. The molecule has 142 valence electrons. The molecule has 1 aliphatic rings. The summed E-state index contributed by atoms with van der Waals surface area (Å²) in [6.45, 7) is 0. The average molecular weight is 393 g/mol. The van der Waals surface area contributed by atoms with Crippen LogP contribution < -0.4 is 10.1 Å². The molecule has 0 saturated heterocycles. The Morgan fingerprint density at radius 3 is 2.39 bits per heavy atom. The van der Waals surface area contributed by atoms with E-state index in [9.17, 15) is 5.11 Å². The summed E-state index contributed by atoms with van der Waals surface area (Å²) in [5.41, 5.74) is 3.91. The summed E-state index contributed by atoms with van der Waals surface area (Å²) >= 11 is 6.05. The normalized spacial score (nSPS) is 19.1. The summed E-state index contributed by atoms with van der Waals surface area (Å²) in [6, 6.07) is 23.0. The molecule has 0 unspecified atom stereocenters. The maximum atomic E-state index is 10.4. The fourth-order valence-electron chi connectivity index (χ4n) is 3.46. The van der Waals surface area contributed by atoms with Gasteiger partial charge in [0.2, 0.25) is 0 Å². The van der Waals surface area contributed by atoms with Crippen molar-refractivity contribution in [3.63, 3.8) is 0 Å². The van der Waals surface area contributed by atoms with Crippen LogP contribution in [0.25, 0.3) is 0 Å². The van der Waals surface area contributed by atoms with Crippen LogP contribution >= 0.6 is 11.6 Å². The largest absolute Gasteiger partial charge is 0.508 e. The van der Waals surface area contributed by atoms with Gasteiger partial charge in [0.05, 0.1) is 7.11 Å². The van der Waals surface area contributed by atoms with Crippen molar-refractivity contribution in [3.05, 3.63) is 94.5 Å². The number of hydrogen-bond acceptors (Lipinski definition) is 4. The van der Waals surface area contributed by atoms with Crippen LogP contribution in [0, 0.1) is 0 Å². The van der Waals surface area contributed by atoms with E-state index in [2.05, 4.69) is 5.32 Å². The zero-order chi connectivity index (χ0) is 19.5. The first-order valence-electron chi connectivity index (χ1n) is 9.14. The lowest BCUT2D eigenvalue weighted by Crippen LogP contribution is -2.33. The van der Waals surface area contributed by atoms with Gasteiger partial charge in [-0.15, -0.1) is 0 Å². The highest BCUT2D eigenvalue weighted by Crippen LogP contribution is 2.34. The lowest BCUT2D eigenvalue weighted by Gasteiger charge is -2.31. The van der Waals surface area contributed by atoms with E-state index in [1.165, 1.54) is 0 Å². The smallest absolute Gasteiger partial charge is 0.126 e. The number of aliphatic imine (C=N–C) groups is 1. The number of phenols is 1. The van der Waals surface area contributed by atoms with E-state index >= 15 is 0 Å². The lowest BCUT2D eigenvalue weighted by atomic mass is 9.93. The predicted octanol–water partition coefficient (Wildman–Crippen LogP) is 5.28. The maximum Gasteiger partial charge on any atom is 0.126 e. The number of nitrogens with zero attached hydrogens (tertiary/aromatic N) is 1. The van der Waals surface area contributed by atoms with Crippen molar-refractivity contribution >= 4 is 17.3 Å². The van der Waals surface area contributed by atoms with Crippen molar-refractivity contribution in [2.24, 2.45) is 4.99 Å². The number of methoxy groups -OCH3 is 1. The Labute approximate surface area is 169 Å². The van der Waals surface area contributed by atoms with Crippen LogP contribution in [0.1, 0.15) is 35.3 Å². The van der Waals surface area contributed by atoms with Gasteiger partial charge in [0.15, 0.2) is 0 Å². The van der Waals surface area contributed by atoms with E-state index in [0.717, 1.165) is 28.2 Å². The van der Waals surface area contributed by atoms with Crippen LogP contribution in [0.15, 0.2) is 77.8 Å². The first kappa shape index (κ1) is 18.5. The van der Waals surface area contributed by atoms with Crippen LogP contribution in [0.4, 0.5) is 0 Å². The standard InChI is InChI=1S/C23H21ClN2O2/c1-28-18-12-8-16(9-13-18)23-25-20(15-6-10-17(24)11-7-15)14-21(26-23)19-4-2-3-5-22(19)27/h2-13,21,23,26-27H,14H2,1H3/t21-,23-/m0/s1. The van der Waals surface area contributed by atoms with Crippen molar-refractivity contribution < 1.29 is 9.84 Å². The molecule has 5 heteroatoms. The molecule has 0 amide bonds. The molecule has 3 aromatic carbocycles. The van der Waals surface area contributed by atoms with E-state index in [1.54, 1.807) is 13.2 Å². The van der Waals surface area contributed by atoms with Crippen molar-refractivity contribution in [3.8, 4) is 11.5 Å². The molecule has 0 fully saturated rings. The minimum absolute atomic E-state index is 0.0588. The van der Waals surface area contributed by atoms with Gasteiger partial charge in [-0.3, -0.25) is 10.3 Å². The number of nitrogens with one attached hydrogen (secondary N) is 1. The quantitative estimate of drug-likeness (QED) is 0.635. The number of para-hydroxylation sites is 1. The molecule has 4 nitrogen and oxygen atoms in total. The summed E-state index contributed by atoms with van der Waals surface area (Å²) in [5, 5.41) is 14.6. The first-order chi connectivity index (χ1) is 13.6. The van der Waals surface area contributed by atoms with Crippen molar-refractivity contribution in [2.45, 2.75) is 18.6 Å². The number of hydrogen-bond donors (Lipinski definition) is 2. The summed E-state index contributed by atoms with van der Waals surface area (Å²) in [4.78, 5) is 4.95. The van der Waals surface area contributed by atoms with Crippen molar-refractivity contribution in [2.75, 3.05) is 7.11 Å². The van der Waals surface area contributed by atoms with Crippen LogP contribution in [0.3, 0.4) is 0 Å². The SMILES string of the molecule is COc1ccc([C@H]2N=C(c3ccc(Cl)cc3)C[C@@H](c3ccccc3O)N2)cc1. The van der Waals surface area contributed by atoms with E-state index < -0.39 is 0 Å². The Hall–Kier alpha value is -2.82. The Bertz CT molecular complexity index is 984. The summed E-state index contributed by atoms with van der Waals surface area (Å²) in [5.74, 6) is 1.09. The summed E-state index contributed by atoms with van der Waals surface area (Å²) in [6.07, 6.45) is 0.446. The highest BCUT2D eigenvalue weighted by atomic mass is 35.5. The van der Waals surface area contributed by atoms with Gasteiger partial charge >= 0.3 is 0 Å². The number of benzene rings is 3. The Morgan fingerprint density at radius 2 is 1.71 bits per heavy atom. The van der Waals surface area contributed by atoms with E-state index in [1.807, 2.05) is 66.7 Å². The molecule has 0 aliphatic carbocycles. The van der Waals surface area contributed by atoms with Gasteiger partial charge in [-0.05, 0) is 41.5 Å². The van der Waals surface area contributed by atoms with Crippen LogP contribution in [-0.4, -0.2) is 17.9 Å².